The molecule has 3 rings (SSSR count). The van der Waals surface area contributed by atoms with Gasteiger partial charge in [-0.2, -0.15) is 0 Å². The van der Waals surface area contributed by atoms with Crippen LogP contribution < -0.4 is 15.2 Å². The summed E-state index contributed by atoms with van der Waals surface area (Å²) in [6, 6.07) is 3.26. The van der Waals surface area contributed by atoms with Gasteiger partial charge in [-0.25, -0.2) is 9.97 Å². The number of aryl methyl sites for hydroxylation is 1. The van der Waals surface area contributed by atoms with Crippen LogP contribution in [0.4, 0.5) is 5.95 Å². The first-order valence-corrected chi connectivity index (χ1v) is 7.66. The average molecular weight is 300 g/mol. The third kappa shape index (κ3) is 3.44. The van der Waals surface area contributed by atoms with E-state index in [4.69, 9.17) is 4.74 Å². The summed E-state index contributed by atoms with van der Waals surface area (Å²) in [7, 11) is 0. The zero-order chi connectivity index (χ0) is 15.4. The molecule has 1 N–H and O–H groups in total. The Balaban J connectivity index is 1.56. The number of H-pyrrole nitrogens is 1. The Labute approximate surface area is 129 Å². The lowest BCUT2D eigenvalue weighted by Crippen LogP contribution is -2.39. The summed E-state index contributed by atoms with van der Waals surface area (Å²) >= 11 is 0. The van der Waals surface area contributed by atoms with E-state index in [0.29, 0.717) is 5.75 Å². The molecule has 0 unspecified atom stereocenters. The SMILES string of the molecule is CCc1cnc(N2CCC(Oc3cc[nH]c(=O)c3)CC2)nc1. The van der Waals surface area contributed by atoms with Crippen molar-refractivity contribution in [3.8, 4) is 5.75 Å². The Bertz CT molecular complexity index is 660. The van der Waals surface area contributed by atoms with E-state index < -0.39 is 0 Å². The summed E-state index contributed by atoms with van der Waals surface area (Å²) in [4.78, 5) is 24.9. The molecule has 1 fully saturated rings. The number of ether oxygens (including phenoxy) is 1. The van der Waals surface area contributed by atoms with Crippen molar-refractivity contribution in [3.63, 3.8) is 0 Å². The van der Waals surface area contributed by atoms with Gasteiger partial charge in [0.25, 0.3) is 5.56 Å². The van der Waals surface area contributed by atoms with E-state index in [1.165, 1.54) is 6.07 Å². The molecule has 0 amide bonds. The average Bonchev–Trinajstić information content (AvgIpc) is 2.56. The summed E-state index contributed by atoms with van der Waals surface area (Å²) in [6.45, 7) is 3.81. The van der Waals surface area contributed by atoms with Crippen LogP contribution in [0, 0.1) is 0 Å². The first-order chi connectivity index (χ1) is 10.7. The molecule has 0 aliphatic carbocycles. The van der Waals surface area contributed by atoms with E-state index in [9.17, 15) is 4.79 Å². The third-order valence-electron chi connectivity index (χ3n) is 3.87. The highest BCUT2D eigenvalue weighted by molar-refractivity contribution is 5.30. The van der Waals surface area contributed by atoms with Gasteiger partial charge in [0, 0.05) is 50.6 Å². The Morgan fingerprint density at radius 3 is 2.68 bits per heavy atom. The predicted molar refractivity (Wildman–Crippen MR) is 84.3 cm³/mol. The Morgan fingerprint density at radius 2 is 2.05 bits per heavy atom. The second-order valence-corrected chi connectivity index (χ2v) is 5.44. The summed E-state index contributed by atoms with van der Waals surface area (Å²) in [5.74, 6) is 1.41. The summed E-state index contributed by atoms with van der Waals surface area (Å²) in [5, 5.41) is 0. The van der Waals surface area contributed by atoms with Crippen LogP contribution in [0.2, 0.25) is 0 Å². The van der Waals surface area contributed by atoms with Crippen LogP contribution in [0.25, 0.3) is 0 Å². The molecule has 2 aromatic rings. The number of hydrogen-bond donors (Lipinski definition) is 1. The van der Waals surface area contributed by atoms with Crippen LogP contribution in [0.15, 0.2) is 35.5 Å². The van der Waals surface area contributed by atoms with E-state index in [-0.39, 0.29) is 11.7 Å². The number of aromatic amines is 1. The van der Waals surface area contributed by atoms with Gasteiger partial charge in [0.05, 0.1) is 0 Å². The van der Waals surface area contributed by atoms with Crippen LogP contribution in [0.5, 0.6) is 5.75 Å². The van der Waals surface area contributed by atoms with Crippen LogP contribution in [0.3, 0.4) is 0 Å². The fourth-order valence-corrected chi connectivity index (χ4v) is 2.56. The maximum absolute atomic E-state index is 11.3. The van der Waals surface area contributed by atoms with Gasteiger partial charge in [0.15, 0.2) is 0 Å². The zero-order valence-electron chi connectivity index (χ0n) is 12.7. The van der Waals surface area contributed by atoms with Crippen molar-refractivity contribution >= 4 is 5.95 Å². The molecule has 2 aromatic heterocycles. The fourth-order valence-electron chi connectivity index (χ4n) is 2.56. The largest absolute Gasteiger partial charge is 0.490 e. The molecule has 0 saturated carbocycles. The maximum atomic E-state index is 11.3. The fraction of sp³-hybridized carbons (Fsp3) is 0.438. The molecule has 1 saturated heterocycles. The molecular formula is C16H20N4O2. The quantitative estimate of drug-likeness (QED) is 0.932. The molecule has 0 spiro atoms. The van der Waals surface area contributed by atoms with Gasteiger partial charge < -0.3 is 14.6 Å². The number of hydrogen-bond acceptors (Lipinski definition) is 5. The molecule has 0 atom stereocenters. The molecule has 1 aliphatic rings. The highest BCUT2D eigenvalue weighted by Gasteiger charge is 2.22. The normalized spacial score (nSPS) is 15.8. The third-order valence-corrected chi connectivity index (χ3v) is 3.87. The molecule has 0 aromatic carbocycles. The van der Waals surface area contributed by atoms with Gasteiger partial charge >= 0.3 is 0 Å². The van der Waals surface area contributed by atoms with Gasteiger partial charge in [-0.05, 0) is 18.1 Å². The predicted octanol–water partition coefficient (Wildman–Crippen LogP) is 1.78. The van der Waals surface area contributed by atoms with Crippen molar-refractivity contribution in [2.45, 2.75) is 32.3 Å². The smallest absolute Gasteiger partial charge is 0.251 e. The van der Waals surface area contributed by atoms with Crippen LogP contribution >= 0.6 is 0 Å². The van der Waals surface area contributed by atoms with Crippen molar-refractivity contribution in [1.29, 1.82) is 0 Å². The van der Waals surface area contributed by atoms with E-state index in [0.717, 1.165) is 43.9 Å². The molecular weight excluding hydrogens is 280 g/mol. The van der Waals surface area contributed by atoms with E-state index in [2.05, 4.69) is 26.8 Å². The highest BCUT2D eigenvalue weighted by atomic mass is 16.5. The van der Waals surface area contributed by atoms with Crippen LogP contribution in [-0.2, 0) is 6.42 Å². The number of rotatable bonds is 4. The first kappa shape index (κ1) is 14.6. The Hall–Kier alpha value is -2.37. The molecule has 3 heterocycles. The van der Waals surface area contributed by atoms with E-state index >= 15 is 0 Å². The molecule has 1 aliphatic heterocycles. The number of piperidine rings is 1. The lowest BCUT2D eigenvalue weighted by atomic mass is 10.1. The topological polar surface area (TPSA) is 71.1 Å². The molecule has 0 radical (unpaired) electrons. The standard InChI is InChI=1S/C16H20N4O2/c1-2-12-10-18-16(19-11-12)20-7-4-13(5-8-20)22-14-3-6-17-15(21)9-14/h3,6,9-11,13H,2,4-5,7-8H2,1H3,(H,17,21). The van der Waals surface area contributed by atoms with E-state index in [1.807, 2.05) is 12.4 Å². The number of aromatic nitrogens is 3. The van der Waals surface area contributed by atoms with Gasteiger partial charge in [0.1, 0.15) is 11.9 Å². The van der Waals surface area contributed by atoms with Crippen molar-refractivity contribution < 1.29 is 4.74 Å². The molecule has 6 nitrogen and oxygen atoms in total. The zero-order valence-corrected chi connectivity index (χ0v) is 12.7. The summed E-state index contributed by atoms with van der Waals surface area (Å²) < 4.78 is 5.87. The van der Waals surface area contributed by atoms with Gasteiger partial charge in [-0.15, -0.1) is 0 Å². The second kappa shape index (κ2) is 6.60. The molecule has 22 heavy (non-hydrogen) atoms. The van der Waals surface area contributed by atoms with Crippen molar-refractivity contribution in [3.05, 3.63) is 46.6 Å². The van der Waals surface area contributed by atoms with Crippen LogP contribution in [0.1, 0.15) is 25.3 Å². The van der Waals surface area contributed by atoms with Crippen molar-refractivity contribution in [2.75, 3.05) is 18.0 Å². The van der Waals surface area contributed by atoms with Crippen molar-refractivity contribution in [1.82, 2.24) is 15.0 Å². The van der Waals surface area contributed by atoms with Gasteiger partial charge in [-0.3, -0.25) is 4.79 Å². The maximum Gasteiger partial charge on any atom is 0.251 e. The minimum atomic E-state index is -0.139. The second-order valence-electron chi connectivity index (χ2n) is 5.44. The number of anilines is 1. The molecule has 116 valence electrons. The number of nitrogens with one attached hydrogen (secondary N) is 1. The lowest BCUT2D eigenvalue weighted by Gasteiger charge is -2.32. The number of nitrogens with zero attached hydrogens (tertiary/aromatic N) is 3. The minimum Gasteiger partial charge on any atom is -0.490 e. The Kier molecular flexibility index (Phi) is 4.37. The molecule has 0 bridgehead atoms. The monoisotopic (exact) mass is 300 g/mol. The molecule has 6 heteroatoms. The van der Waals surface area contributed by atoms with Crippen LogP contribution in [-0.4, -0.2) is 34.1 Å². The number of pyridine rings is 1. The lowest BCUT2D eigenvalue weighted by molar-refractivity contribution is 0.170. The highest BCUT2D eigenvalue weighted by Crippen LogP contribution is 2.20. The first-order valence-electron chi connectivity index (χ1n) is 7.66. The summed E-state index contributed by atoms with van der Waals surface area (Å²) in [5.41, 5.74) is 1.01. The van der Waals surface area contributed by atoms with Gasteiger partial charge in [-0.1, -0.05) is 6.92 Å². The Morgan fingerprint density at radius 1 is 1.32 bits per heavy atom. The van der Waals surface area contributed by atoms with Crippen molar-refractivity contribution in [2.24, 2.45) is 0 Å². The van der Waals surface area contributed by atoms with Gasteiger partial charge in [0.2, 0.25) is 5.95 Å². The minimum absolute atomic E-state index is 0.132. The van der Waals surface area contributed by atoms with E-state index in [1.54, 1.807) is 12.3 Å². The summed E-state index contributed by atoms with van der Waals surface area (Å²) in [6.07, 6.45) is 8.26.